The molecule has 2 rings (SSSR count). The molecular formula is C16H23ClN2O2. The number of hydrogen-bond donors (Lipinski definition) is 2. The van der Waals surface area contributed by atoms with Crippen LogP contribution < -0.4 is 11.1 Å². The van der Waals surface area contributed by atoms with Crippen LogP contribution in [0.3, 0.4) is 0 Å². The van der Waals surface area contributed by atoms with Crippen molar-refractivity contribution in [3.8, 4) is 0 Å². The zero-order chi connectivity index (χ0) is 15.3. The van der Waals surface area contributed by atoms with Crippen molar-refractivity contribution < 1.29 is 9.53 Å². The van der Waals surface area contributed by atoms with Crippen molar-refractivity contribution in [2.24, 2.45) is 5.73 Å². The van der Waals surface area contributed by atoms with Gasteiger partial charge in [-0.1, -0.05) is 30.2 Å². The van der Waals surface area contributed by atoms with E-state index < -0.39 is 0 Å². The number of carbonyl (C=O) groups is 1. The predicted octanol–water partition coefficient (Wildman–Crippen LogP) is 2.24. The Balaban J connectivity index is 1.93. The van der Waals surface area contributed by atoms with Crippen LogP contribution in [0, 0.1) is 0 Å². The average Bonchev–Trinajstić information content (AvgIpc) is 2.45. The Bertz CT molecular complexity index is 468. The minimum absolute atomic E-state index is 0.00691. The summed E-state index contributed by atoms with van der Waals surface area (Å²) in [5, 5.41) is 3.77. The van der Waals surface area contributed by atoms with Crippen molar-refractivity contribution in [3.05, 3.63) is 34.9 Å². The van der Waals surface area contributed by atoms with E-state index in [4.69, 9.17) is 22.1 Å². The van der Waals surface area contributed by atoms with Gasteiger partial charge in [-0.05, 0) is 30.5 Å². The molecule has 1 aromatic rings. The summed E-state index contributed by atoms with van der Waals surface area (Å²) in [7, 11) is 1.58. The van der Waals surface area contributed by atoms with Gasteiger partial charge in [0, 0.05) is 30.6 Å². The van der Waals surface area contributed by atoms with E-state index in [2.05, 4.69) is 17.4 Å². The Morgan fingerprint density at radius 2 is 2.10 bits per heavy atom. The van der Waals surface area contributed by atoms with Crippen LogP contribution >= 0.6 is 11.6 Å². The van der Waals surface area contributed by atoms with Gasteiger partial charge in [-0.15, -0.1) is 0 Å². The van der Waals surface area contributed by atoms with Crippen molar-refractivity contribution in [2.45, 2.75) is 37.2 Å². The zero-order valence-electron chi connectivity index (χ0n) is 12.4. The van der Waals surface area contributed by atoms with Crippen molar-refractivity contribution in [3.63, 3.8) is 0 Å². The van der Waals surface area contributed by atoms with Crippen LogP contribution in [-0.4, -0.2) is 32.2 Å². The minimum atomic E-state index is -0.210. The Morgan fingerprint density at radius 3 is 2.57 bits per heavy atom. The summed E-state index contributed by atoms with van der Waals surface area (Å²) in [6.45, 7) is 1.01. The number of ether oxygens (including phenoxy) is 1. The molecule has 0 bridgehead atoms. The zero-order valence-corrected chi connectivity index (χ0v) is 13.2. The fourth-order valence-electron chi connectivity index (χ4n) is 2.78. The normalized spacial score (nSPS) is 17.9. The quantitative estimate of drug-likeness (QED) is 0.812. The summed E-state index contributed by atoms with van der Waals surface area (Å²) >= 11 is 5.94. The molecule has 4 nitrogen and oxygen atoms in total. The standard InChI is InChI=1S/C16H23ClN2O2/c1-21-14(10-18)9-15(20)19-11-16(7-2-8-16)12-3-5-13(17)6-4-12/h3-6,14H,2,7-11,18H2,1H3,(H,19,20). The number of carbonyl (C=O) groups excluding carboxylic acids is 1. The molecular weight excluding hydrogens is 288 g/mol. The number of rotatable bonds is 7. The van der Waals surface area contributed by atoms with Crippen LogP contribution in [0.5, 0.6) is 0 Å². The molecule has 0 aliphatic heterocycles. The van der Waals surface area contributed by atoms with Crippen LogP contribution in [0.15, 0.2) is 24.3 Å². The minimum Gasteiger partial charge on any atom is -0.380 e. The van der Waals surface area contributed by atoms with Gasteiger partial charge in [0.05, 0.1) is 12.5 Å². The van der Waals surface area contributed by atoms with Gasteiger partial charge in [0.2, 0.25) is 5.91 Å². The molecule has 0 radical (unpaired) electrons. The van der Waals surface area contributed by atoms with Gasteiger partial charge < -0.3 is 15.8 Å². The third-order valence-corrected chi connectivity index (χ3v) is 4.65. The van der Waals surface area contributed by atoms with E-state index in [9.17, 15) is 4.79 Å². The summed E-state index contributed by atoms with van der Waals surface area (Å²) in [6.07, 6.45) is 3.49. The van der Waals surface area contributed by atoms with E-state index in [1.165, 1.54) is 12.0 Å². The summed E-state index contributed by atoms with van der Waals surface area (Å²) < 4.78 is 5.14. The van der Waals surface area contributed by atoms with Crippen LogP contribution in [0.4, 0.5) is 0 Å². The predicted molar refractivity (Wildman–Crippen MR) is 84.5 cm³/mol. The summed E-state index contributed by atoms with van der Waals surface area (Å²) in [6, 6.07) is 7.94. The van der Waals surface area contributed by atoms with E-state index in [0.29, 0.717) is 19.5 Å². The molecule has 0 saturated heterocycles. The van der Waals surface area contributed by atoms with E-state index in [-0.39, 0.29) is 17.4 Å². The fourth-order valence-corrected chi connectivity index (χ4v) is 2.91. The second-order valence-corrected chi connectivity index (χ2v) is 6.15. The van der Waals surface area contributed by atoms with Crippen molar-refractivity contribution in [1.29, 1.82) is 0 Å². The molecule has 1 atom stereocenters. The third-order valence-electron chi connectivity index (χ3n) is 4.40. The average molecular weight is 311 g/mol. The first kappa shape index (κ1) is 16.3. The number of benzene rings is 1. The Kier molecular flexibility index (Phi) is 5.62. The molecule has 21 heavy (non-hydrogen) atoms. The number of halogens is 1. The molecule has 1 unspecified atom stereocenters. The topological polar surface area (TPSA) is 64.3 Å². The lowest BCUT2D eigenvalue weighted by Crippen LogP contribution is -2.46. The van der Waals surface area contributed by atoms with Crippen molar-refractivity contribution >= 4 is 17.5 Å². The molecule has 1 aliphatic rings. The lowest BCUT2D eigenvalue weighted by Gasteiger charge is -2.42. The highest BCUT2D eigenvalue weighted by molar-refractivity contribution is 6.30. The molecule has 1 aliphatic carbocycles. The largest absolute Gasteiger partial charge is 0.380 e. The number of hydrogen-bond acceptors (Lipinski definition) is 3. The second kappa shape index (κ2) is 7.25. The monoisotopic (exact) mass is 310 g/mol. The highest BCUT2D eigenvalue weighted by Crippen LogP contribution is 2.43. The molecule has 0 heterocycles. The molecule has 1 amide bonds. The van der Waals surface area contributed by atoms with Crippen LogP contribution in [0.1, 0.15) is 31.2 Å². The maximum Gasteiger partial charge on any atom is 0.222 e. The number of nitrogens with one attached hydrogen (secondary N) is 1. The highest BCUT2D eigenvalue weighted by Gasteiger charge is 2.38. The molecule has 1 aromatic carbocycles. The molecule has 3 N–H and O–H groups in total. The van der Waals surface area contributed by atoms with Crippen molar-refractivity contribution in [1.82, 2.24) is 5.32 Å². The van der Waals surface area contributed by atoms with E-state index in [1.807, 2.05) is 12.1 Å². The molecule has 1 fully saturated rings. The number of amides is 1. The molecule has 116 valence electrons. The summed E-state index contributed by atoms with van der Waals surface area (Å²) in [5.41, 5.74) is 6.85. The van der Waals surface area contributed by atoms with Crippen LogP contribution in [-0.2, 0) is 14.9 Å². The van der Waals surface area contributed by atoms with Gasteiger partial charge in [0.1, 0.15) is 0 Å². The highest BCUT2D eigenvalue weighted by atomic mass is 35.5. The third kappa shape index (κ3) is 3.96. The molecule has 5 heteroatoms. The van der Waals surface area contributed by atoms with Gasteiger partial charge in [-0.3, -0.25) is 4.79 Å². The van der Waals surface area contributed by atoms with Gasteiger partial charge in [-0.2, -0.15) is 0 Å². The fraction of sp³-hybridized carbons (Fsp3) is 0.562. The maximum atomic E-state index is 12.0. The van der Waals surface area contributed by atoms with Gasteiger partial charge >= 0.3 is 0 Å². The molecule has 0 spiro atoms. The van der Waals surface area contributed by atoms with Crippen LogP contribution in [0.25, 0.3) is 0 Å². The lowest BCUT2D eigenvalue weighted by molar-refractivity contribution is -0.123. The Morgan fingerprint density at radius 1 is 1.43 bits per heavy atom. The van der Waals surface area contributed by atoms with E-state index in [0.717, 1.165) is 17.9 Å². The first-order valence-corrected chi connectivity index (χ1v) is 7.73. The smallest absolute Gasteiger partial charge is 0.222 e. The van der Waals surface area contributed by atoms with Crippen molar-refractivity contribution in [2.75, 3.05) is 20.2 Å². The first-order valence-electron chi connectivity index (χ1n) is 7.35. The first-order chi connectivity index (χ1) is 10.1. The van der Waals surface area contributed by atoms with Gasteiger partial charge in [0.25, 0.3) is 0 Å². The second-order valence-electron chi connectivity index (χ2n) is 5.72. The summed E-state index contributed by atoms with van der Waals surface area (Å²) in [4.78, 5) is 12.0. The van der Waals surface area contributed by atoms with E-state index >= 15 is 0 Å². The number of nitrogens with two attached hydrogens (primary N) is 1. The summed E-state index contributed by atoms with van der Waals surface area (Å²) in [5.74, 6) is -0.00691. The Labute approximate surface area is 131 Å². The van der Waals surface area contributed by atoms with E-state index in [1.54, 1.807) is 7.11 Å². The van der Waals surface area contributed by atoms with Gasteiger partial charge in [-0.25, -0.2) is 0 Å². The number of methoxy groups -OCH3 is 1. The van der Waals surface area contributed by atoms with Gasteiger partial charge in [0.15, 0.2) is 0 Å². The molecule has 1 saturated carbocycles. The SMILES string of the molecule is COC(CN)CC(=O)NCC1(c2ccc(Cl)cc2)CCC1. The maximum absolute atomic E-state index is 12.0. The molecule has 0 aromatic heterocycles. The van der Waals surface area contributed by atoms with Crippen LogP contribution in [0.2, 0.25) is 5.02 Å². The lowest BCUT2D eigenvalue weighted by atomic mass is 9.64. The Hall–Kier alpha value is -1.10.